The van der Waals surface area contributed by atoms with Gasteiger partial charge in [0.1, 0.15) is 5.75 Å². The molecule has 21 heavy (non-hydrogen) atoms. The predicted octanol–water partition coefficient (Wildman–Crippen LogP) is 4.20. The fourth-order valence-electron chi connectivity index (χ4n) is 3.67. The molecule has 1 fully saturated rings. The highest BCUT2D eigenvalue weighted by atomic mass is 16.5. The molecule has 0 spiro atoms. The van der Waals surface area contributed by atoms with Crippen molar-refractivity contribution in [3.63, 3.8) is 0 Å². The van der Waals surface area contributed by atoms with E-state index in [9.17, 15) is 0 Å². The monoisotopic (exact) mass is 290 g/mol. The zero-order valence-corrected chi connectivity index (χ0v) is 13.9. The van der Waals surface area contributed by atoms with Crippen LogP contribution in [0.25, 0.3) is 0 Å². The van der Waals surface area contributed by atoms with E-state index in [-0.39, 0.29) is 0 Å². The smallest absolute Gasteiger partial charge is 0.137 e. The first-order chi connectivity index (χ1) is 10.2. The number of aromatic nitrogens is 1. The van der Waals surface area contributed by atoms with Gasteiger partial charge >= 0.3 is 0 Å². The Balaban J connectivity index is 2.04. The summed E-state index contributed by atoms with van der Waals surface area (Å²) >= 11 is 0. The molecule has 1 atom stereocenters. The second-order valence-electron chi connectivity index (χ2n) is 6.57. The second-order valence-corrected chi connectivity index (χ2v) is 6.57. The summed E-state index contributed by atoms with van der Waals surface area (Å²) in [6, 6.07) is 2.54. The first-order valence-corrected chi connectivity index (χ1v) is 8.40. The molecule has 1 aromatic heterocycles. The Morgan fingerprint density at radius 2 is 1.86 bits per heavy atom. The maximum absolute atomic E-state index is 5.59. The summed E-state index contributed by atoms with van der Waals surface area (Å²) in [6.45, 7) is 7.41. The van der Waals surface area contributed by atoms with Crippen LogP contribution >= 0.6 is 0 Å². The van der Waals surface area contributed by atoms with Gasteiger partial charge in [0.25, 0.3) is 0 Å². The Bertz CT molecular complexity index is 425. The van der Waals surface area contributed by atoms with Crippen LogP contribution in [0.4, 0.5) is 0 Å². The third kappa shape index (κ3) is 4.19. The zero-order chi connectivity index (χ0) is 15.2. The van der Waals surface area contributed by atoms with Gasteiger partial charge < -0.3 is 10.1 Å². The van der Waals surface area contributed by atoms with Crippen molar-refractivity contribution in [2.75, 3.05) is 13.7 Å². The van der Waals surface area contributed by atoms with Gasteiger partial charge in [-0.05, 0) is 69.0 Å². The molecule has 2 rings (SSSR count). The Kier molecular flexibility index (Phi) is 6.04. The summed E-state index contributed by atoms with van der Waals surface area (Å²) in [4.78, 5) is 4.35. The minimum atomic E-state index is 0.394. The van der Waals surface area contributed by atoms with Crippen molar-refractivity contribution in [3.05, 3.63) is 24.0 Å². The quantitative estimate of drug-likeness (QED) is 0.852. The molecule has 0 radical (unpaired) electrons. The van der Waals surface area contributed by atoms with Crippen molar-refractivity contribution >= 4 is 0 Å². The van der Waals surface area contributed by atoms with Crippen molar-refractivity contribution in [2.45, 2.75) is 52.5 Å². The summed E-state index contributed by atoms with van der Waals surface area (Å²) in [7, 11) is 2.06. The second kappa shape index (κ2) is 7.79. The minimum Gasteiger partial charge on any atom is -0.492 e. The first-order valence-electron chi connectivity index (χ1n) is 8.40. The molecule has 0 aliphatic heterocycles. The van der Waals surface area contributed by atoms with E-state index in [1.165, 1.54) is 31.2 Å². The van der Waals surface area contributed by atoms with Gasteiger partial charge in [0, 0.05) is 12.2 Å². The Morgan fingerprint density at radius 3 is 2.43 bits per heavy atom. The van der Waals surface area contributed by atoms with Gasteiger partial charge in [-0.2, -0.15) is 0 Å². The van der Waals surface area contributed by atoms with Gasteiger partial charge in [-0.15, -0.1) is 0 Å². The van der Waals surface area contributed by atoms with Crippen molar-refractivity contribution in [1.29, 1.82) is 0 Å². The van der Waals surface area contributed by atoms with Crippen LogP contribution in [0.5, 0.6) is 5.75 Å². The summed E-state index contributed by atoms with van der Waals surface area (Å²) in [6.07, 6.45) is 9.13. The highest BCUT2D eigenvalue weighted by molar-refractivity contribution is 5.26. The van der Waals surface area contributed by atoms with E-state index in [4.69, 9.17) is 4.74 Å². The number of rotatable bonds is 6. The van der Waals surface area contributed by atoms with Crippen LogP contribution < -0.4 is 10.1 Å². The number of pyridine rings is 1. The lowest BCUT2D eigenvalue weighted by atomic mass is 9.73. The minimum absolute atomic E-state index is 0.394. The lowest BCUT2D eigenvalue weighted by Gasteiger charge is -2.35. The van der Waals surface area contributed by atoms with Crippen LogP contribution in [-0.2, 0) is 0 Å². The van der Waals surface area contributed by atoms with Crippen LogP contribution in [0, 0.1) is 17.8 Å². The molecule has 3 heteroatoms. The molecule has 1 N–H and O–H groups in total. The van der Waals surface area contributed by atoms with E-state index in [0.29, 0.717) is 18.6 Å². The van der Waals surface area contributed by atoms with Crippen molar-refractivity contribution in [2.24, 2.45) is 17.8 Å². The van der Waals surface area contributed by atoms with E-state index in [2.05, 4.69) is 37.3 Å². The molecule has 1 saturated carbocycles. The summed E-state index contributed by atoms with van der Waals surface area (Å²) in [5.74, 6) is 3.32. The van der Waals surface area contributed by atoms with Crippen molar-refractivity contribution in [1.82, 2.24) is 10.3 Å². The van der Waals surface area contributed by atoms with Gasteiger partial charge in [0.2, 0.25) is 0 Å². The van der Waals surface area contributed by atoms with E-state index >= 15 is 0 Å². The molecule has 1 aliphatic carbocycles. The standard InChI is InChI=1S/C18H30N2O/c1-5-21-17-10-16(11-20-12-17)18(19-4)15-8-6-14(7-9-15)13(2)3/h10-15,18-19H,5-9H2,1-4H3. The number of hydrogen-bond acceptors (Lipinski definition) is 3. The highest BCUT2D eigenvalue weighted by Gasteiger charge is 2.29. The molecule has 3 nitrogen and oxygen atoms in total. The molecule has 1 unspecified atom stereocenters. The fraction of sp³-hybridized carbons (Fsp3) is 0.722. The maximum Gasteiger partial charge on any atom is 0.137 e. The highest BCUT2D eigenvalue weighted by Crippen LogP contribution is 2.39. The molecule has 0 saturated heterocycles. The number of ether oxygens (including phenoxy) is 1. The molecule has 1 aromatic rings. The van der Waals surface area contributed by atoms with Gasteiger partial charge in [-0.3, -0.25) is 4.98 Å². The normalized spacial score (nSPS) is 24.0. The summed E-state index contributed by atoms with van der Waals surface area (Å²) in [5, 5.41) is 3.51. The summed E-state index contributed by atoms with van der Waals surface area (Å²) < 4.78 is 5.59. The topological polar surface area (TPSA) is 34.1 Å². The molecule has 0 amide bonds. The van der Waals surface area contributed by atoms with Crippen LogP contribution in [0.1, 0.15) is 58.1 Å². The van der Waals surface area contributed by atoms with E-state index in [1.54, 1.807) is 6.20 Å². The third-order valence-electron chi connectivity index (χ3n) is 4.95. The predicted molar refractivity (Wildman–Crippen MR) is 87.5 cm³/mol. The van der Waals surface area contributed by atoms with E-state index in [1.807, 2.05) is 13.1 Å². The van der Waals surface area contributed by atoms with Gasteiger partial charge in [-0.1, -0.05) is 13.8 Å². The van der Waals surface area contributed by atoms with Gasteiger partial charge in [0.05, 0.1) is 12.8 Å². The number of nitrogens with one attached hydrogen (secondary N) is 1. The lowest BCUT2D eigenvalue weighted by molar-refractivity contribution is 0.192. The third-order valence-corrected chi connectivity index (χ3v) is 4.95. The average molecular weight is 290 g/mol. The van der Waals surface area contributed by atoms with Gasteiger partial charge in [-0.25, -0.2) is 0 Å². The van der Waals surface area contributed by atoms with Crippen molar-refractivity contribution < 1.29 is 4.74 Å². The van der Waals surface area contributed by atoms with E-state index in [0.717, 1.165) is 17.6 Å². The van der Waals surface area contributed by atoms with Gasteiger partial charge in [0.15, 0.2) is 0 Å². The Morgan fingerprint density at radius 1 is 1.19 bits per heavy atom. The molecule has 1 aliphatic rings. The molecule has 118 valence electrons. The van der Waals surface area contributed by atoms with Crippen LogP contribution in [0.15, 0.2) is 18.5 Å². The maximum atomic E-state index is 5.59. The van der Waals surface area contributed by atoms with Crippen molar-refractivity contribution in [3.8, 4) is 5.75 Å². The molecule has 0 aromatic carbocycles. The largest absolute Gasteiger partial charge is 0.492 e. The van der Waals surface area contributed by atoms with Crippen LogP contribution in [-0.4, -0.2) is 18.6 Å². The molecular weight excluding hydrogens is 260 g/mol. The van der Waals surface area contributed by atoms with Crippen LogP contribution in [0.3, 0.4) is 0 Å². The molecule has 1 heterocycles. The fourth-order valence-corrected chi connectivity index (χ4v) is 3.67. The molecular formula is C18H30N2O. The lowest BCUT2D eigenvalue weighted by Crippen LogP contribution is -2.30. The average Bonchev–Trinajstić information content (AvgIpc) is 2.49. The number of nitrogens with zero attached hydrogens (tertiary/aromatic N) is 1. The van der Waals surface area contributed by atoms with E-state index < -0.39 is 0 Å². The summed E-state index contributed by atoms with van der Waals surface area (Å²) in [5.41, 5.74) is 1.26. The Labute approximate surface area is 129 Å². The Hall–Kier alpha value is -1.09. The molecule has 0 bridgehead atoms. The van der Waals surface area contributed by atoms with Crippen LogP contribution in [0.2, 0.25) is 0 Å². The zero-order valence-electron chi connectivity index (χ0n) is 13.9. The first kappa shape index (κ1) is 16.3. The SMILES string of the molecule is CCOc1cncc(C(NC)C2CCC(C(C)C)CC2)c1. The number of hydrogen-bond donors (Lipinski definition) is 1.